The minimum atomic E-state index is -0.777. The van der Waals surface area contributed by atoms with Crippen LogP contribution in [0.1, 0.15) is 361 Å². The second-order valence-corrected chi connectivity index (χ2v) is 23.1. The molecule has 1 atom stereocenters. The van der Waals surface area contributed by atoms with Gasteiger partial charge < -0.3 is 14.2 Å². The van der Waals surface area contributed by atoms with Gasteiger partial charge in [0.05, 0.1) is 0 Å². The van der Waals surface area contributed by atoms with Crippen molar-refractivity contribution in [2.45, 2.75) is 367 Å². The number of allylic oxidation sites excluding steroid dienone is 10. The number of rotatable bonds is 63. The molecular weight excluding hydrogens is 961 g/mol. The van der Waals surface area contributed by atoms with Crippen molar-refractivity contribution >= 4 is 17.9 Å². The summed E-state index contributed by atoms with van der Waals surface area (Å²) in [5, 5.41) is 0. The fraction of sp³-hybridized carbons (Fsp3) is 0.819. The van der Waals surface area contributed by atoms with Gasteiger partial charge in [-0.15, -0.1) is 0 Å². The van der Waals surface area contributed by atoms with Crippen LogP contribution in [0.25, 0.3) is 0 Å². The molecule has 0 N–H and O–H groups in total. The van der Waals surface area contributed by atoms with E-state index in [0.717, 1.165) is 96.3 Å². The third-order valence-corrected chi connectivity index (χ3v) is 15.3. The molecule has 6 nitrogen and oxygen atoms in total. The van der Waals surface area contributed by atoms with Crippen molar-refractivity contribution in [3.8, 4) is 0 Å². The van der Waals surface area contributed by atoms with Crippen molar-refractivity contribution in [3.63, 3.8) is 0 Å². The van der Waals surface area contributed by atoms with E-state index >= 15 is 0 Å². The predicted octanol–water partition coefficient (Wildman–Crippen LogP) is 23.5. The Bertz CT molecular complexity index is 1390. The van der Waals surface area contributed by atoms with Crippen LogP contribution >= 0.6 is 0 Å². The number of ether oxygens (including phenoxy) is 3. The molecule has 0 aromatic rings. The number of hydrogen-bond donors (Lipinski definition) is 0. The molecule has 0 aromatic heterocycles. The normalized spacial score (nSPS) is 12.4. The SMILES string of the molecule is CC/C=C\C/C=C\C/C=C\C/C=C\C/C=C\CCCCCCCCCC(=O)OCC(COC(=O)CCCCCCCCCCCCCCCCC)OC(=O)CCCCCCCCCCCCCCCCCCCCCCCC. The lowest BCUT2D eigenvalue weighted by Crippen LogP contribution is -2.30. The minimum absolute atomic E-state index is 0.0724. The largest absolute Gasteiger partial charge is 0.462 e. The lowest BCUT2D eigenvalue weighted by molar-refractivity contribution is -0.167. The van der Waals surface area contributed by atoms with Gasteiger partial charge in [0.25, 0.3) is 0 Å². The van der Waals surface area contributed by atoms with Gasteiger partial charge in [0.1, 0.15) is 13.2 Å². The van der Waals surface area contributed by atoms with E-state index in [-0.39, 0.29) is 31.1 Å². The highest BCUT2D eigenvalue weighted by atomic mass is 16.6. The Morgan fingerprint density at radius 1 is 0.269 bits per heavy atom. The highest BCUT2D eigenvalue weighted by Crippen LogP contribution is 2.18. The monoisotopic (exact) mass is 1090 g/mol. The van der Waals surface area contributed by atoms with Crippen molar-refractivity contribution < 1.29 is 28.6 Å². The Morgan fingerprint density at radius 2 is 0.500 bits per heavy atom. The summed E-state index contributed by atoms with van der Waals surface area (Å²) in [6, 6.07) is 0. The van der Waals surface area contributed by atoms with Crippen LogP contribution in [0.3, 0.4) is 0 Å². The smallest absolute Gasteiger partial charge is 0.306 e. The van der Waals surface area contributed by atoms with Gasteiger partial charge >= 0.3 is 17.9 Å². The summed E-state index contributed by atoms with van der Waals surface area (Å²) in [4.78, 5) is 38.4. The Morgan fingerprint density at radius 3 is 0.782 bits per heavy atom. The maximum absolute atomic E-state index is 13.0. The summed E-state index contributed by atoms with van der Waals surface area (Å²) >= 11 is 0. The van der Waals surface area contributed by atoms with E-state index in [4.69, 9.17) is 14.2 Å². The van der Waals surface area contributed by atoms with E-state index < -0.39 is 6.10 Å². The second kappa shape index (κ2) is 66.6. The first-order valence-electron chi connectivity index (χ1n) is 34.3. The van der Waals surface area contributed by atoms with Crippen molar-refractivity contribution in [1.29, 1.82) is 0 Å². The number of carbonyl (C=O) groups excluding carboxylic acids is 3. The van der Waals surface area contributed by atoms with Crippen LogP contribution in [-0.2, 0) is 28.6 Å². The Kier molecular flexibility index (Phi) is 64.2. The topological polar surface area (TPSA) is 78.9 Å². The zero-order valence-electron chi connectivity index (χ0n) is 52.2. The molecule has 0 bridgehead atoms. The second-order valence-electron chi connectivity index (χ2n) is 23.1. The van der Waals surface area contributed by atoms with Gasteiger partial charge in [-0.25, -0.2) is 0 Å². The maximum Gasteiger partial charge on any atom is 0.306 e. The standard InChI is InChI=1S/C72H130O6/c1-4-7-10-13-16-19-22-25-28-30-32-34-36-38-39-41-44-47-50-53-56-59-62-65-71(74)77-68-69(67-76-70(73)64-61-58-55-52-49-46-43-27-24-21-18-15-12-9-6-3)78-72(75)66-63-60-57-54-51-48-45-42-40-37-35-33-31-29-26-23-20-17-14-11-8-5-2/h7,10,16,19,25,28,32,34,38-39,69H,4-6,8-9,11-15,17-18,20-24,26-27,29-31,33,35-37,40-68H2,1-3H3/b10-7-,19-16-,28-25-,34-32-,39-38-. The number of unbranched alkanes of at least 4 members (excludes halogenated alkanes) is 42. The van der Waals surface area contributed by atoms with Crippen LogP contribution in [0.5, 0.6) is 0 Å². The summed E-state index contributed by atoms with van der Waals surface area (Å²) in [7, 11) is 0. The van der Waals surface area contributed by atoms with Crippen molar-refractivity contribution in [3.05, 3.63) is 60.8 Å². The molecule has 0 heterocycles. The minimum Gasteiger partial charge on any atom is -0.462 e. The number of esters is 3. The maximum atomic E-state index is 13.0. The average molecular weight is 1090 g/mol. The Balaban J connectivity index is 4.33. The first-order valence-corrected chi connectivity index (χ1v) is 34.3. The van der Waals surface area contributed by atoms with E-state index in [1.165, 1.54) is 225 Å². The summed E-state index contributed by atoms with van der Waals surface area (Å²) in [5.41, 5.74) is 0. The van der Waals surface area contributed by atoms with Crippen LogP contribution in [0, 0.1) is 0 Å². The van der Waals surface area contributed by atoms with Crippen LogP contribution in [-0.4, -0.2) is 37.2 Å². The van der Waals surface area contributed by atoms with Gasteiger partial charge in [0.2, 0.25) is 0 Å². The average Bonchev–Trinajstić information content (AvgIpc) is 3.44. The van der Waals surface area contributed by atoms with Gasteiger partial charge in [-0.1, -0.05) is 338 Å². The van der Waals surface area contributed by atoms with Crippen molar-refractivity contribution in [2.75, 3.05) is 13.2 Å². The lowest BCUT2D eigenvalue weighted by Gasteiger charge is -2.18. The quantitative estimate of drug-likeness (QED) is 0.0261. The molecule has 0 saturated carbocycles. The predicted molar refractivity (Wildman–Crippen MR) is 339 cm³/mol. The summed E-state index contributed by atoms with van der Waals surface area (Å²) < 4.78 is 17.0. The molecule has 0 amide bonds. The van der Waals surface area contributed by atoms with Gasteiger partial charge in [-0.3, -0.25) is 14.4 Å². The van der Waals surface area contributed by atoms with Gasteiger partial charge in [0.15, 0.2) is 6.10 Å². The molecule has 0 aliphatic carbocycles. The highest BCUT2D eigenvalue weighted by molar-refractivity contribution is 5.71. The molecule has 0 radical (unpaired) electrons. The Labute approximate surface area is 485 Å². The van der Waals surface area contributed by atoms with E-state index in [1.54, 1.807) is 0 Å². The highest BCUT2D eigenvalue weighted by Gasteiger charge is 2.19. The fourth-order valence-electron chi connectivity index (χ4n) is 10.2. The number of hydrogen-bond acceptors (Lipinski definition) is 6. The molecule has 0 rings (SSSR count). The van der Waals surface area contributed by atoms with Gasteiger partial charge in [0, 0.05) is 19.3 Å². The van der Waals surface area contributed by atoms with E-state index in [0.29, 0.717) is 19.3 Å². The van der Waals surface area contributed by atoms with E-state index in [2.05, 4.69) is 81.5 Å². The third kappa shape index (κ3) is 63.9. The summed E-state index contributed by atoms with van der Waals surface area (Å²) in [6.07, 6.45) is 85.2. The molecule has 0 spiro atoms. The van der Waals surface area contributed by atoms with Gasteiger partial charge in [-0.05, 0) is 64.2 Å². The summed E-state index contributed by atoms with van der Waals surface area (Å²) in [6.45, 7) is 6.58. The molecule has 6 heteroatoms. The van der Waals surface area contributed by atoms with E-state index in [1.807, 2.05) is 0 Å². The zero-order valence-corrected chi connectivity index (χ0v) is 52.2. The first kappa shape index (κ1) is 75.1. The Hall–Kier alpha value is -2.89. The zero-order chi connectivity index (χ0) is 56.4. The lowest BCUT2D eigenvalue weighted by atomic mass is 10.0. The summed E-state index contributed by atoms with van der Waals surface area (Å²) in [5.74, 6) is -0.858. The third-order valence-electron chi connectivity index (χ3n) is 15.3. The fourth-order valence-corrected chi connectivity index (χ4v) is 10.2. The van der Waals surface area contributed by atoms with Crippen LogP contribution in [0.2, 0.25) is 0 Å². The molecule has 0 aromatic carbocycles. The molecule has 0 fully saturated rings. The van der Waals surface area contributed by atoms with E-state index in [9.17, 15) is 14.4 Å². The van der Waals surface area contributed by atoms with Crippen molar-refractivity contribution in [1.82, 2.24) is 0 Å². The first-order chi connectivity index (χ1) is 38.5. The number of carbonyl (C=O) groups is 3. The van der Waals surface area contributed by atoms with Crippen LogP contribution in [0.4, 0.5) is 0 Å². The van der Waals surface area contributed by atoms with Gasteiger partial charge in [-0.2, -0.15) is 0 Å². The molecule has 1 unspecified atom stereocenters. The molecule has 0 aliphatic heterocycles. The molecular formula is C72H130O6. The van der Waals surface area contributed by atoms with Crippen molar-refractivity contribution in [2.24, 2.45) is 0 Å². The van der Waals surface area contributed by atoms with Crippen LogP contribution in [0.15, 0.2) is 60.8 Å². The molecule has 0 saturated heterocycles. The van der Waals surface area contributed by atoms with Crippen LogP contribution < -0.4 is 0 Å². The molecule has 0 aliphatic rings. The molecule has 78 heavy (non-hydrogen) atoms. The molecule has 454 valence electrons.